The third-order valence-electron chi connectivity index (χ3n) is 5.07. The van der Waals surface area contributed by atoms with E-state index in [-0.39, 0.29) is 0 Å². The molecule has 1 atom stereocenters. The van der Waals surface area contributed by atoms with Crippen LogP contribution in [0.4, 0.5) is 0 Å². The Morgan fingerprint density at radius 1 is 0.833 bits per heavy atom. The van der Waals surface area contributed by atoms with E-state index in [1.54, 1.807) is 13.8 Å². The van der Waals surface area contributed by atoms with Crippen molar-refractivity contribution in [2.24, 2.45) is 0 Å². The van der Waals surface area contributed by atoms with Crippen LogP contribution in [0.3, 0.4) is 0 Å². The van der Waals surface area contributed by atoms with E-state index in [2.05, 4.69) is 19.2 Å². The highest BCUT2D eigenvalue weighted by atomic mass is 16.5. The van der Waals surface area contributed by atoms with Crippen LogP contribution < -0.4 is 9.47 Å². The van der Waals surface area contributed by atoms with Crippen LogP contribution in [0.2, 0.25) is 0 Å². The van der Waals surface area contributed by atoms with Crippen LogP contribution >= 0.6 is 0 Å². The minimum Gasteiger partial charge on any atom is -0.423 e. The van der Waals surface area contributed by atoms with Gasteiger partial charge in [-0.2, -0.15) is 0 Å². The highest BCUT2D eigenvalue weighted by Gasteiger charge is 2.19. The van der Waals surface area contributed by atoms with E-state index < -0.39 is 11.9 Å². The zero-order valence-corrected chi connectivity index (χ0v) is 17.4. The van der Waals surface area contributed by atoms with Gasteiger partial charge < -0.3 is 9.47 Å². The molecule has 0 amide bonds. The lowest BCUT2D eigenvalue weighted by Crippen LogP contribution is -2.09. The number of allylic oxidation sites excluding steroid dienone is 2. The molecular formula is C26H26O4. The smallest absolute Gasteiger partial charge is 0.338 e. The van der Waals surface area contributed by atoms with Crippen molar-refractivity contribution in [3.8, 4) is 11.5 Å². The van der Waals surface area contributed by atoms with Crippen LogP contribution in [-0.2, 0) is 9.59 Å². The average Bonchev–Trinajstić information content (AvgIpc) is 2.74. The second-order valence-electron chi connectivity index (χ2n) is 7.64. The van der Waals surface area contributed by atoms with Crippen molar-refractivity contribution in [2.75, 3.05) is 0 Å². The Morgan fingerprint density at radius 2 is 1.33 bits per heavy atom. The van der Waals surface area contributed by atoms with Crippen molar-refractivity contribution in [1.82, 2.24) is 0 Å². The van der Waals surface area contributed by atoms with Gasteiger partial charge in [0.2, 0.25) is 0 Å². The van der Waals surface area contributed by atoms with Crippen molar-refractivity contribution < 1.29 is 19.1 Å². The maximum absolute atomic E-state index is 11.7. The number of rotatable bonds is 6. The van der Waals surface area contributed by atoms with Crippen molar-refractivity contribution in [3.63, 3.8) is 0 Å². The molecule has 1 aliphatic carbocycles. The van der Waals surface area contributed by atoms with E-state index in [4.69, 9.17) is 9.47 Å². The van der Waals surface area contributed by atoms with Crippen LogP contribution in [0.15, 0.2) is 78.9 Å². The van der Waals surface area contributed by atoms with Crippen LogP contribution in [0.5, 0.6) is 11.5 Å². The van der Waals surface area contributed by atoms with E-state index in [1.165, 1.54) is 11.1 Å². The molecule has 3 rings (SSSR count). The summed E-state index contributed by atoms with van der Waals surface area (Å²) in [7, 11) is 0. The molecule has 1 unspecified atom stereocenters. The molecule has 2 aromatic rings. The Bertz CT molecular complexity index is 994. The van der Waals surface area contributed by atoms with Crippen LogP contribution in [0, 0.1) is 0 Å². The van der Waals surface area contributed by atoms with E-state index in [9.17, 15) is 9.59 Å². The first-order valence-corrected chi connectivity index (χ1v) is 9.98. The Kier molecular flexibility index (Phi) is 6.68. The zero-order chi connectivity index (χ0) is 21.7. The van der Waals surface area contributed by atoms with Gasteiger partial charge in [-0.1, -0.05) is 43.5 Å². The van der Waals surface area contributed by atoms with Gasteiger partial charge in [-0.3, -0.25) is 0 Å². The zero-order valence-electron chi connectivity index (χ0n) is 17.4. The summed E-state index contributed by atoms with van der Waals surface area (Å²) in [5.41, 5.74) is 4.38. The van der Waals surface area contributed by atoms with Gasteiger partial charge in [0.25, 0.3) is 0 Å². The van der Waals surface area contributed by atoms with Crippen molar-refractivity contribution in [1.29, 1.82) is 0 Å². The molecule has 0 fully saturated rings. The minimum atomic E-state index is -0.419. The van der Waals surface area contributed by atoms with Gasteiger partial charge in [-0.15, -0.1) is 0 Å². The molecule has 2 aromatic carbocycles. The molecule has 0 heterocycles. The summed E-state index contributed by atoms with van der Waals surface area (Å²) in [5, 5.41) is 0. The molecule has 0 aliphatic heterocycles. The average molecular weight is 402 g/mol. The van der Waals surface area contributed by atoms with Gasteiger partial charge in [-0.05, 0) is 80.0 Å². The molecule has 0 spiro atoms. The molecule has 1 aliphatic rings. The lowest BCUT2D eigenvalue weighted by Gasteiger charge is -2.24. The van der Waals surface area contributed by atoms with Gasteiger partial charge >= 0.3 is 11.9 Å². The Labute approximate surface area is 177 Å². The Morgan fingerprint density at radius 3 is 1.83 bits per heavy atom. The number of ether oxygens (including phenoxy) is 2. The fourth-order valence-corrected chi connectivity index (χ4v) is 3.36. The molecule has 0 bridgehead atoms. The van der Waals surface area contributed by atoms with Crippen molar-refractivity contribution in [2.45, 2.75) is 39.0 Å². The second kappa shape index (κ2) is 9.40. The molecule has 0 aromatic heterocycles. The molecule has 4 heteroatoms. The summed E-state index contributed by atoms with van der Waals surface area (Å²) in [6, 6.07) is 15.3. The van der Waals surface area contributed by atoms with Gasteiger partial charge in [0, 0.05) is 11.1 Å². The van der Waals surface area contributed by atoms with E-state index in [0.717, 1.165) is 24.8 Å². The normalized spacial score (nSPS) is 15.7. The van der Waals surface area contributed by atoms with Crippen LogP contribution in [0.25, 0.3) is 5.57 Å². The lowest BCUT2D eigenvalue weighted by atomic mass is 9.81. The summed E-state index contributed by atoms with van der Waals surface area (Å²) < 4.78 is 10.5. The summed E-state index contributed by atoms with van der Waals surface area (Å²) >= 11 is 0. The molecule has 0 radical (unpaired) electrons. The summed E-state index contributed by atoms with van der Waals surface area (Å²) in [6.45, 7) is 10.4. The molecule has 0 N–H and O–H groups in total. The first-order valence-electron chi connectivity index (χ1n) is 9.98. The number of carbonyl (C=O) groups is 2. The molecule has 4 nitrogen and oxygen atoms in total. The summed E-state index contributed by atoms with van der Waals surface area (Å²) in [4.78, 5) is 23.3. The Balaban J connectivity index is 1.66. The number of esters is 2. The number of hydrogen-bond acceptors (Lipinski definition) is 4. The quantitative estimate of drug-likeness (QED) is 0.338. The van der Waals surface area contributed by atoms with E-state index in [0.29, 0.717) is 28.6 Å². The second-order valence-corrected chi connectivity index (χ2v) is 7.64. The molecular weight excluding hydrogens is 376 g/mol. The molecule has 0 saturated carbocycles. The highest BCUT2D eigenvalue weighted by Crippen LogP contribution is 2.38. The van der Waals surface area contributed by atoms with Gasteiger partial charge in [-0.25, -0.2) is 9.59 Å². The van der Waals surface area contributed by atoms with Gasteiger partial charge in [0.1, 0.15) is 11.5 Å². The van der Waals surface area contributed by atoms with Gasteiger partial charge in [0.05, 0.1) is 0 Å². The number of benzene rings is 2. The van der Waals surface area contributed by atoms with Crippen LogP contribution in [-0.4, -0.2) is 11.9 Å². The standard InChI is InChI=1S/C26H26O4/c1-17(2)25(27)29-23-12-8-19(9-13-23)21-6-5-7-22(16-21)20-10-14-24(15-11-20)30-26(28)18(3)4/h6,8-15,22H,1,3,5,7,16H2,2,4H3. The lowest BCUT2D eigenvalue weighted by molar-refractivity contribution is -0.130. The maximum Gasteiger partial charge on any atom is 0.338 e. The highest BCUT2D eigenvalue weighted by molar-refractivity contribution is 5.89. The molecule has 0 saturated heterocycles. The largest absolute Gasteiger partial charge is 0.423 e. The third-order valence-corrected chi connectivity index (χ3v) is 5.07. The third kappa shape index (κ3) is 5.35. The Hall–Kier alpha value is -3.40. The van der Waals surface area contributed by atoms with E-state index in [1.807, 2.05) is 48.5 Å². The minimum absolute atomic E-state index is 0.373. The maximum atomic E-state index is 11.7. The SMILES string of the molecule is C=C(C)C(=O)Oc1ccc(C2=CCCC(c3ccc(OC(=O)C(=C)C)cc3)C2)cc1. The van der Waals surface area contributed by atoms with E-state index >= 15 is 0 Å². The van der Waals surface area contributed by atoms with Crippen molar-refractivity contribution >= 4 is 17.5 Å². The van der Waals surface area contributed by atoms with Crippen molar-refractivity contribution in [3.05, 3.63) is 90.0 Å². The predicted octanol–water partition coefficient (Wildman–Crippen LogP) is 6.00. The fourth-order valence-electron chi connectivity index (χ4n) is 3.36. The topological polar surface area (TPSA) is 52.6 Å². The van der Waals surface area contributed by atoms with Crippen LogP contribution in [0.1, 0.15) is 50.2 Å². The fraction of sp³-hybridized carbons (Fsp3) is 0.231. The monoisotopic (exact) mass is 402 g/mol. The first kappa shape index (κ1) is 21.3. The predicted molar refractivity (Wildman–Crippen MR) is 118 cm³/mol. The summed E-state index contributed by atoms with van der Waals surface area (Å²) in [6.07, 6.45) is 5.27. The number of carbonyl (C=O) groups excluding carboxylic acids is 2. The molecule has 30 heavy (non-hydrogen) atoms. The van der Waals surface area contributed by atoms with Gasteiger partial charge in [0.15, 0.2) is 0 Å². The first-order chi connectivity index (χ1) is 14.3. The number of hydrogen-bond donors (Lipinski definition) is 0. The summed E-state index contributed by atoms with van der Waals surface area (Å²) in [5.74, 6) is 0.606. The molecule has 154 valence electrons.